The minimum atomic E-state index is -0.766. The third-order valence-corrected chi connectivity index (χ3v) is 3.66. The standard InChI is InChI=1S/C15H13Cl2NO2/c16-12-8-4-7-11(14(12)17)15(20)18-9-13(19)10-5-2-1-3-6-10/h1-8,13,19H,9H2,(H,18,20). The van der Waals surface area contributed by atoms with E-state index in [-0.39, 0.29) is 17.5 Å². The van der Waals surface area contributed by atoms with E-state index in [1.54, 1.807) is 30.3 Å². The number of carbonyl (C=O) groups excluding carboxylic acids is 1. The fourth-order valence-corrected chi connectivity index (χ4v) is 2.14. The fraction of sp³-hybridized carbons (Fsp3) is 0.133. The summed E-state index contributed by atoms with van der Waals surface area (Å²) in [5.41, 5.74) is 1.03. The number of hydrogen-bond donors (Lipinski definition) is 2. The molecule has 5 heteroatoms. The van der Waals surface area contributed by atoms with Crippen molar-refractivity contribution < 1.29 is 9.90 Å². The molecule has 2 aromatic rings. The Labute approximate surface area is 127 Å². The van der Waals surface area contributed by atoms with Crippen LogP contribution in [0.15, 0.2) is 48.5 Å². The normalized spacial score (nSPS) is 11.9. The van der Waals surface area contributed by atoms with Crippen LogP contribution in [0, 0.1) is 0 Å². The lowest BCUT2D eigenvalue weighted by atomic mass is 10.1. The molecule has 0 aromatic heterocycles. The van der Waals surface area contributed by atoms with Crippen molar-refractivity contribution in [2.24, 2.45) is 0 Å². The van der Waals surface area contributed by atoms with Crippen LogP contribution in [0.25, 0.3) is 0 Å². The molecule has 0 spiro atoms. The van der Waals surface area contributed by atoms with Gasteiger partial charge in [-0.05, 0) is 17.7 Å². The Hall–Kier alpha value is -1.55. The van der Waals surface area contributed by atoms with Gasteiger partial charge in [0.05, 0.1) is 21.7 Å². The zero-order valence-corrected chi connectivity index (χ0v) is 12.0. The largest absolute Gasteiger partial charge is 0.387 e. The molecule has 0 aliphatic carbocycles. The van der Waals surface area contributed by atoms with E-state index in [1.807, 2.05) is 18.2 Å². The molecule has 2 aromatic carbocycles. The Kier molecular flexibility index (Phi) is 5.01. The molecule has 2 rings (SSSR count). The molecule has 0 bridgehead atoms. The highest BCUT2D eigenvalue weighted by Crippen LogP contribution is 2.25. The Morgan fingerprint density at radius 1 is 1.10 bits per heavy atom. The maximum atomic E-state index is 12.0. The van der Waals surface area contributed by atoms with Crippen LogP contribution >= 0.6 is 23.2 Å². The van der Waals surface area contributed by atoms with Gasteiger partial charge in [-0.3, -0.25) is 4.79 Å². The molecular formula is C15H13Cl2NO2. The van der Waals surface area contributed by atoms with Crippen molar-refractivity contribution >= 4 is 29.1 Å². The Morgan fingerprint density at radius 2 is 1.80 bits per heavy atom. The molecule has 0 saturated carbocycles. The second-order valence-corrected chi connectivity index (χ2v) is 5.02. The lowest BCUT2D eigenvalue weighted by molar-refractivity contribution is 0.0916. The van der Waals surface area contributed by atoms with Crippen LogP contribution in [0.5, 0.6) is 0 Å². The first kappa shape index (κ1) is 14.9. The van der Waals surface area contributed by atoms with E-state index >= 15 is 0 Å². The monoisotopic (exact) mass is 309 g/mol. The van der Waals surface area contributed by atoms with E-state index < -0.39 is 6.10 Å². The number of hydrogen-bond acceptors (Lipinski definition) is 2. The lowest BCUT2D eigenvalue weighted by Crippen LogP contribution is -2.28. The van der Waals surface area contributed by atoms with Crippen molar-refractivity contribution in [2.45, 2.75) is 6.10 Å². The first-order valence-electron chi connectivity index (χ1n) is 6.05. The topological polar surface area (TPSA) is 49.3 Å². The highest BCUT2D eigenvalue weighted by atomic mass is 35.5. The van der Waals surface area contributed by atoms with Crippen LogP contribution < -0.4 is 5.32 Å². The van der Waals surface area contributed by atoms with Gasteiger partial charge in [-0.15, -0.1) is 0 Å². The van der Waals surface area contributed by atoms with Gasteiger partial charge in [0.2, 0.25) is 0 Å². The fourth-order valence-electron chi connectivity index (χ4n) is 1.76. The van der Waals surface area contributed by atoms with Gasteiger partial charge in [-0.25, -0.2) is 0 Å². The van der Waals surface area contributed by atoms with E-state index in [1.165, 1.54) is 0 Å². The first-order valence-corrected chi connectivity index (χ1v) is 6.80. The average molecular weight is 310 g/mol. The summed E-state index contributed by atoms with van der Waals surface area (Å²) in [6, 6.07) is 13.9. The zero-order chi connectivity index (χ0) is 14.5. The van der Waals surface area contributed by atoms with E-state index in [0.717, 1.165) is 5.56 Å². The third-order valence-electron chi connectivity index (χ3n) is 2.84. The number of amides is 1. The number of halogens is 2. The van der Waals surface area contributed by atoms with Crippen molar-refractivity contribution in [3.8, 4) is 0 Å². The second-order valence-electron chi connectivity index (χ2n) is 4.24. The molecule has 20 heavy (non-hydrogen) atoms. The molecule has 0 aliphatic rings. The van der Waals surface area contributed by atoms with Gasteiger partial charge in [0.1, 0.15) is 0 Å². The smallest absolute Gasteiger partial charge is 0.252 e. The van der Waals surface area contributed by atoms with E-state index in [2.05, 4.69) is 5.32 Å². The number of aliphatic hydroxyl groups excluding tert-OH is 1. The van der Waals surface area contributed by atoms with Gasteiger partial charge in [0.25, 0.3) is 5.91 Å². The van der Waals surface area contributed by atoms with E-state index in [4.69, 9.17) is 23.2 Å². The van der Waals surface area contributed by atoms with E-state index in [0.29, 0.717) is 10.6 Å². The van der Waals surface area contributed by atoms with Crippen molar-refractivity contribution in [1.82, 2.24) is 5.32 Å². The Bertz CT molecular complexity index is 602. The molecule has 0 aliphatic heterocycles. The predicted molar refractivity (Wildman–Crippen MR) is 80.2 cm³/mol. The Morgan fingerprint density at radius 3 is 2.50 bits per heavy atom. The first-order chi connectivity index (χ1) is 9.59. The Balaban J connectivity index is 2.01. The second kappa shape index (κ2) is 6.75. The highest BCUT2D eigenvalue weighted by Gasteiger charge is 2.14. The molecule has 1 atom stereocenters. The maximum Gasteiger partial charge on any atom is 0.252 e. The predicted octanol–water partition coefficient (Wildman–Crippen LogP) is 3.46. The summed E-state index contributed by atoms with van der Waals surface area (Å²) >= 11 is 11.8. The van der Waals surface area contributed by atoms with Crippen LogP contribution in [0.4, 0.5) is 0 Å². The van der Waals surface area contributed by atoms with Crippen molar-refractivity contribution in [1.29, 1.82) is 0 Å². The molecule has 104 valence electrons. The quantitative estimate of drug-likeness (QED) is 0.908. The summed E-state index contributed by atoms with van der Waals surface area (Å²) in [6.07, 6.45) is -0.766. The summed E-state index contributed by atoms with van der Waals surface area (Å²) < 4.78 is 0. The van der Waals surface area contributed by atoms with Gasteiger partial charge < -0.3 is 10.4 Å². The maximum absolute atomic E-state index is 12.0. The van der Waals surface area contributed by atoms with E-state index in [9.17, 15) is 9.90 Å². The molecule has 1 unspecified atom stereocenters. The number of rotatable bonds is 4. The van der Waals surface area contributed by atoms with Gasteiger partial charge >= 0.3 is 0 Å². The third kappa shape index (κ3) is 3.51. The number of benzene rings is 2. The number of carbonyl (C=O) groups is 1. The van der Waals surface area contributed by atoms with Crippen molar-refractivity contribution in [2.75, 3.05) is 6.54 Å². The molecular weight excluding hydrogens is 297 g/mol. The van der Waals surface area contributed by atoms with Gasteiger partial charge in [0, 0.05) is 6.54 Å². The number of nitrogens with one attached hydrogen (secondary N) is 1. The van der Waals surface area contributed by atoms with Crippen LogP contribution in [0.3, 0.4) is 0 Å². The summed E-state index contributed by atoms with van der Waals surface area (Å²) in [5, 5.41) is 13.1. The van der Waals surface area contributed by atoms with Crippen LogP contribution in [0.1, 0.15) is 22.0 Å². The molecule has 0 radical (unpaired) electrons. The molecule has 1 amide bonds. The summed E-state index contributed by atoms with van der Waals surface area (Å²) in [6.45, 7) is 0.103. The molecule has 0 fully saturated rings. The highest BCUT2D eigenvalue weighted by molar-refractivity contribution is 6.43. The summed E-state index contributed by atoms with van der Waals surface area (Å²) in [4.78, 5) is 12.0. The summed E-state index contributed by atoms with van der Waals surface area (Å²) in [5.74, 6) is -0.368. The minimum Gasteiger partial charge on any atom is -0.387 e. The number of aliphatic hydroxyl groups is 1. The van der Waals surface area contributed by atoms with Crippen LogP contribution in [0.2, 0.25) is 10.0 Å². The van der Waals surface area contributed by atoms with Gasteiger partial charge in [0.15, 0.2) is 0 Å². The summed E-state index contributed by atoms with van der Waals surface area (Å²) in [7, 11) is 0. The van der Waals surface area contributed by atoms with Crippen molar-refractivity contribution in [3.63, 3.8) is 0 Å². The molecule has 3 nitrogen and oxygen atoms in total. The lowest BCUT2D eigenvalue weighted by Gasteiger charge is -2.13. The van der Waals surface area contributed by atoms with Gasteiger partial charge in [-0.2, -0.15) is 0 Å². The van der Waals surface area contributed by atoms with Crippen LogP contribution in [-0.4, -0.2) is 17.6 Å². The zero-order valence-electron chi connectivity index (χ0n) is 10.5. The average Bonchev–Trinajstić information content (AvgIpc) is 2.48. The SMILES string of the molecule is O=C(NCC(O)c1ccccc1)c1cccc(Cl)c1Cl. The van der Waals surface area contributed by atoms with Crippen LogP contribution in [-0.2, 0) is 0 Å². The molecule has 0 heterocycles. The minimum absolute atomic E-state index is 0.103. The van der Waals surface area contributed by atoms with Gasteiger partial charge in [-0.1, -0.05) is 59.6 Å². The van der Waals surface area contributed by atoms with Crippen molar-refractivity contribution in [3.05, 3.63) is 69.7 Å². The molecule has 2 N–H and O–H groups in total. The molecule has 0 saturated heterocycles.